The first-order valence-electron chi connectivity index (χ1n) is 7.77. The molecule has 21 heavy (non-hydrogen) atoms. The van der Waals surface area contributed by atoms with Crippen LogP contribution in [0.3, 0.4) is 0 Å². The molecule has 1 saturated carbocycles. The molecule has 1 atom stereocenters. The molecule has 0 amide bonds. The van der Waals surface area contributed by atoms with Crippen LogP contribution in [0.4, 0.5) is 0 Å². The summed E-state index contributed by atoms with van der Waals surface area (Å²) >= 11 is 0. The summed E-state index contributed by atoms with van der Waals surface area (Å²) in [5.74, 6) is 1.45. The van der Waals surface area contributed by atoms with Gasteiger partial charge in [-0.05, 0) is 56.2 Å². The van der Waals surface area contributed by atoms with E-state index in [9.17, 15) is 10.4 Å². The summed E-state index contributed by atoms with van der Waals surface area (Å²) in [5.41, 5.74) is -1.03. The van der Waals surface area contributed by atoms with Crippen molar-refractivity contribution in [2.45, 2.75) is 51.6 Å². The Hall–Kier alpha value is -1.53. The van der Waals surface area contributed by atoms with E-state index in [1.807, 2.05) is 24.3 Å². The van der Waals surface area contributed by atoms with Gasteiger partial charge in [-0.1, -0.05) is 25.5 Å². The van der Waals surface area contributed by atoms with E-state index in [0.717, 1.165) is 43.4 Å². The highest BCUT2D eigenvalue weighted by Crippen LogP contribution is 2.51. The maximum absolute atomic E-state index is 11.1. The Labute approximate surface area is 127 Å². The van der Waals surface area contributed by atoms with Gasteiger partial charge in [0.1, 0.15) is 11.4 Å². The third-order valence-electron chi connectivity index (χ3n) is 5.33. The molecule has 0 radical (unpaired) electrons. The number of nitrogens with zero attached hydrogens (tertiary/aromatic N) is 1. The summed E-state index contributed by atoms with van der Waals surface area (Å²) < 4.78 is 5.16. The van der Waals surface area contributed by atoms with Crippen LogP contribution in [-0.2, 0) is 5.60 Å². The lowest BCUT2D eigenvalue weighted by atomic mass is 9.60. The molecule has 0 aromatic heterocycles. The van der Waals surface area contributed by atoms with Crippen molar-refractivity contribution >= 4 is 0 Å². The molecule has 2 rings (SSSR count). The predicted octanol–water partition coefficient (Wildman–Crippen LogP) is 4.01. The maximum Gasteiger partial charge on any atom is 0.118 e. The van der Waals surface area contributed by atoms with Gasteiger partial charge in [-0.2, -0.15) is 5.26 Å². The number of aliphatic hydroxyl groups is 1. The molecule has 0 heterocycles. The first-order valence-corrected chi connectivity index (χ1v) is 7.77. The van der Waals surface area contributed by atoms with Crippen LogP contribution >= 0.6 is 0 Å². The molecule has 1 fully saturated rings. The molecule has 1 unspecified atom stereocenters. The van der Waals surface area contributed by atoms with Gasteiger partial charge >= 0.3 is 0 Å². The molecule has 1 N–H and O–H groups in total. The van der Waals surface area contributed by atoms with E-state index < -0.39 is 11.0 Å². The number of rotatable bonds is 4. The number of benzene rings is 1. The number of methoxy groups -OCH3 is 1. The van der Waals surface area contributed by atoms with Gasteiger partial charge in [0, 0.05) is 0 Å². The highest BCUT2D eigenvalue weighted by atomic mass is 16.5. The van der Waals surface area contributed by atoms with E-state index in [-0.39, 0.29) is 0 Å². The fourth-order valence-electron chi connectivity index (χ4n) is 3.48. The average Bonchev–Trinajstić information content (AvgIpc) is 2.54. The first kappa shape index (κ1) is 15.9. The van der Waals surface area contributed by atoms with Crippen molar-refractivity contribution in [2.24, 2.45) is 11.3 Å². The molecule has 3 nitrogen and oxygen atoms in total. The lowest BCUT2D eigenvalue weighted by molar-refractivity contribution is -0.0698. The minimum Gasteiger partial charge on any atom is -0.497 e. The van der Waals surface area contributed by atoms with Crippen molar-refractivity contribution in [3.05, 3.63) is 29.8 Å². The molecule has 0 aliphatic heterocycles. The molecule has 1 aromatic carbocycles. The molecule has 3 heteroatoms. The normalized spacial score (nSPS) is 28.4. The van der Waals surface area contributed by atoms with Gasteiger partial charge in [0.15, 0.2) is 0 Å². The minimum absolute atomic E-state index is 0.687. The molecular formula is C18H25NO2. The highest BCUT2D eigenvalue weighted by molar-refractivity contribution is 5.34. The topological polar surface area (TPSA) is 53.2 Å². The lowest BCUT2D eigenvalue weighted by Gasteiger charge is -2.45. The Bertz CT molecular complexity index is 505. The minimum atomic E-state index is -1.13. The molecule has 1 aliphatic rings. The van der Waals surface area contributed by atoms with Crippen LogP contribution in [0.2, 0.25) is 0 Å². The fourth-order valence-corrected chi connectivity index (χ4v) is 3.48. The number of ether oxygens (including phenoxy) is 1. The summed E-state index contributed by atoms with van der Waals surface area (Å²) in [7, 11) is 1.62. The lowest BCUT2D eigenvalue weighted by Crippen LogP contribution is -2.45. The van der Waals surface area contributed by atoms with Crippen LogP contribution in [0.5, 0.6) is 5.75 Å². The van der Waals surface area contributed by atoms with Gasteiger partial charge in [0.05, 0.1) is 18.6 Å². The van der Waals surface area contributed by atoms with Gasteiger partial charge in [-0.3, -0.25) is 0 Å². The molecular weight excluding hydrogens is 262 g/mol. The summed E-state index contributed by atoms with van der Waals surface area (Å²) in [6.07, 6.45) is 4.74. The van der Waals surface area contributed by atoms with E-state index in [4.69, 9.17) is 4.74 Å². The van der Waals surface area contributed by atoms with Crippen molar-refractivity contribution < 1.29 is 9.84 Å². The van der Waals surface area contributed by atoms with Crippen LogP contribution in [-0.4, -0.2) is 12.2 Å². The zero-order valence-corrected chi connectivity index (χ0v) is 13.2. The third kappa shape index (κ3) is 2.78. The predicted molar refractivity (Wildman–Crippen MR) is 82.9 cm³/mol. The SMILES string of the molecule is CCC1CCC(C#N)(C(C)(O)c2ccc(OC)cc2)CC1. The zero-order chi connectivity index (χ0) is 15.5. The zero-order valence-electron chi connectivity index (χ0n) is 13.2. The molecule has 0 bridgehead atoms. The average molecular weight is 287 g/mol. The molecule has 114 valence electrons. The van der Waals surface area contributed by atoms with E-state index >= 15 is 0 Å². The van der Waals surface area contributed by atoms with Gasteiger partial charge < -0.3 is 9.84 Å². The third-order valence-corrected chi connectivity index (χ3v) is 5.33. The van der Waals surface area contributed by atoms with Crippen LogP contribution in [0, 0.1) is 22.7 Å². The molecule has 1 aromatic rings. The van der Waals surface area contributed by atoms with E-state index in [1.165, 1.54) is 0 Å². The summed E-state index contributed by atoms with van der Waals surface area (Å²) in [6.45, 7) is 3.98. The fraction of sp³-hybridized carbons (Fsp3) is 0.611. The van der Waals surface area contributed by atoms with E-state index in [0.29, 0.717) is 5.92 Å². The maximum atomic E-state index is 11.1. The second-order valence-electron chi connectivity index (χ2n) is 6.35. The van der Waals surface area contributed by atoms with Gasteiger partial charge in [-0.25, -0.2) is 0 Å². The van der Waals surface area contributed by atoms with Crippen LogP contribution in [0.1, 0.15) is 51.5 Å². The van der Waals surface area contributed by atoms with E-state index in [1.54, 1.807) is 14.0 Å². The number of hydrogen-bond donors (Lipinski definition) is 1. The smallest absolute Gasteiger partial charge is 0.118 e. The Morgan fingerprint density at radius 3 is 2.33 bits per heavy atom. The number of nitriles is 1. The van der Waals surface area contributed by atoms with Crippen molar-refractivity contribution in [3.63, 3.8) is 0 Å². The van der Waals surface area contributed by atoms with Gasteiger partial charge in [0.2, 0.25) is 0 Å². The van der Waals surface area contributed by atoms with Crippen molar-refractivity contribution in [2.75, 3.05) is 7.11 Å². The van der Waals surface area contributed by atoms with Crippen molar-refractivity contribution in [3.8, 4) is 11.8 Å². The Kier molecular flexibility index (Phi) is 4.58. The Morgan fingerprint density at radius 1 is 1.33 bits per heavy atom. The van der Waals surface area contributed by atoms with Crippen LogP contribution in [0.25, 0.3) is 0 Å². The van der Waals surface area contributed by atoms with Gasteiger partial charge in [-0.15, -0.1) is 0 Å². The Balaban J connectivity index is 2.29. The highest BCUT2D eigenvalue weighted by Gasteiger charge is 2.50. The van der Waals surface area contributed by atoms with Crippen LogP contribution in [0.15, 0.2) is 24.3 Å². The molecule has 0 spiro atoms. The van der Waals surface area contributed by atoms with Gasteiger partial charge in [0.25, 0.3) is 0 Å². The summed E-state index contributed by atoms with van der Waals surface area (Å²) in [4.78, 5) is 0. The first-order chi connectivity index (χ1) is 9.99. The monoisotopic (exact) mass is 287 g/mol. The second-order valence-corrected chi connectivity index (χ2v) is 6.35. The standard InChI is InChI=1S/C18H25NO2/c1-4-14-9-11-18(13-19,12-10-14)17(2,20)15-5-7-16(21-3)8-6-15/h5-8,14,20H,4,9-12H2,1-3H3. The van der Waals surface area contributed by atoms with Crippen molar-refractivity contribution in [1.82, 2.24) is 0 Å². The summed E-state index contributed by atoms with van der Waals surface area (Å²) in [6, 6.07) is 9.86. The number of hydrogen-bond acceptors (Lipinski definition) is 3. The molecule has 1 aliphatic carbocycles. The largest absolute Gasteiger partial charge is 0.497 e. The quantitative estimate of drug-likeness (QED) is 0.910. The second kappa shape index (κ2) is 6.07. The van der Waals surface area contributed by atoms with E-state index in [2.05, 4.69) is 13.0 Å². The summed E-state index contributed by atoms with van der Waals surface area (Å²) in [5, 5.41) is 20.9. The Morgan fingerprint density at radius 2 is 1.90 bits per heavy atom. The molecule has 0 saturated heterocycles. The van der Waals surface area contributed by atoms with Crippen molar-refractivity contribution in [1.29, 1.82) is 5.26 Å². The van der Waals surface area contributed by atoms with Crippen LogP contribution < -0.4 is 4.74 Å².